The van der Waals surface area contributed by atoms with Crippen LogP contribution in [-0.2, 0) is 11.6 Å². The van der Waals surface area contributed by atoms with Gasteiger partial charge < -0.3 is 5.32 Å². The molecule has 1 aromatic heterocycles. The first-order chi connectivity index (χ1) is 14.2. The van der Waals surface area contributed by atoms with Gasteiger partial charge in [0.15, 0.2) is 11.4 Å². The van der Waals surface area contributed by atoms with Gasteiger partial charge in [-0.1, -0.05) is 23.4 Å². The first-order valence-electron chi connectivity index (χ1n) is 9.03. The van der Waals surface area contributed by atoms with Crippen molar-refractivity contribution in [3.63, 3.8) is 0 Å². The van der Waals surface area contributed by atoms with Crippen LogP contribution in [0.25, 0.3) is 5.69 Å². The number of nitrogens with one attached hydrogen (secondary N) is 1. The second-order valence-electron chi connectivity index (χ2n) is 7.15. The van der Waals surface area contributed by atoms with Crippen LogP contribution in [0.5, 0.6) is 0 Å². The zero-order valence-electron chi connectivity index (χ0n) is 15.4. The highest BCUT2D eigenvalue weighted by molar-refractivity contribution is 5.93. The van der Waals surface area contributed by atoms with Gasteiger partial charge in [0.1, 0.15) is 11.6 Å². The quantitative estimate of drug-likeness (QED) is 0.632. The Morgan fingerprint density at radius 1 is 1.07 bits per heavy atom. The molecular formula is C20H15F5N4O. The number of hydrogen-bond acceptors (Lipinski definition) is 3. The second-order valence-corrected chi connectivity index (χ2v) is 7.15. The van der Waals surface area contributed by atoms with Gasteiger partial charge in [-0.15, -0.1) is 5.10 Å². The number of carbonyl (C=O) groups excluding carboxylic acids is 1. The van der Waals surface area contributed by atoms with Crippen LogP contribution in [0.4, 0.5) is 22.0 Å². The van der Waals surface area contributed by atoms with E-state index in [2.05, 4.69) is 15.6 Å². The second kappa shape index (κ2) is 7.19. The molecule has 4 rings (SSSR count). The Hall–Kier alpha value is -3.30. The predicted molar refractivity (Wildman–Crippen MR) is 96.0 cm³/mol. The van der Waals surface area contributed by atoms with Gasteiger partial charge in [0.25, 0.3) is 5.91 Å². The molecule has 0 aliphatic heterocycles. The SMILES string of the molecule is O=C(NCC1(c2ccc(F)cc2)CC1)c1nnn(-c2cccc(F)c2)c1C(F)(F)F. The summed E-state index contributed by atoms with van der Waals surface area (Å²) < 4.78 is 68.0. The molecule has 0 atom stereocenters. The molecule has 1 aliphatic rings. The average molecular weight is 422 g/mol. The third-order valence-electron chi connectivity index (χ3n) is 5.10. The number of alkyl halides is 3. The van der Waals surface area contributed by atoms with E-state index >= 15 is 0 Å². The standard InChI is InChI=1S/C20H15F5N4O/c21-13-6-4-12(5-7-13)19(8-9-19)11-26-18(30)16-17(20(23,24)25)29(28-27-16)15-3-1-2-14(22)10-15/h1-7,10H,8-9,11H2,(H,26,30). The number of halogens is 5. The van der Waals surface area contributed by atoms with Crippen molar-refractivity contribution >= 4 is 5.91 Å². The lowest BCUT2D eigenvalue weighted by molar-refractivity contribution is -0.143. The number of amides is 1. The summed E-state index contributed by atoms with van der Waals surface area (Å²) in [6.45, 7) is 0.0710. The summed E-state index contributed by atoms with van der Waals surface area (Å²) in [4.78, 5) is 12.5. The van der Waals surface area contributed by atoms with E-state index in [9.17, 15) is 26.7 Å². The van der Waals surface area contributed by atoms with E-state index in [1.54, 1.807) is 12.1 Å². The number of aromatic nitrogens is 3. The molecule has 1 aliphatic carbocycles. The summed E-state index contributed by atoms with van der Waals surface area (Å²) in [6, 6.07) is 10.2. The summed E-state index contributed by atoms with van der Waals surface area (Å²) in [5.41, 5.74) is -2.15. The maximum atomic E-state index is 13.7. The largest absolute Gasteiger partial charge is 0.435 e. The summed E-state index contributed by atoms with van der Waals surface area (Å²) in [5.74, 6) is -2.20. The van der Waals surface area contributed by atoms with Crippen LogP contribution in [-0.4, -0.2) is 27.4 Å². The molecule has 0 bridgehead atoms. The highest BCUT2D eigenvalue weighted by Crippen LogP contribution is 2.47. The number of hydrogen-bond donors (Lipinski definition) is 1. The molecule has 10 heteroatoms. The Kier molecular flexibility index (Phi) is 4.79. The van der Waals surface area contributed by atoms with E-state index in [0.29, 0.717) is 17.5 Å². The van der Waals surface area contributed by atoms with Gasteiger partial charge in [0.2, 0.25) is 0 Å². The van der Waals surface area contributed by atoms with Gasteiger partial charge in [-0.3, -0.25) is 4.79 Å². The molecule has 0 radical (unpaired) electrons. The Bertz CT molecular complexity index is 1090. The normalized spacial score (nSPS) is 15.1. The molecule has 1 saturated carbocycles. The first kappa shape index (κ1) is 20.0. The van der Waals surface area contributed by atoms with E-state index in [1.165, 1.54) is 24.3 Å². The Labute approximate surface area is 167 Å². The molecule has 0 saturated heterocycles. The zero-order valence-corrected chi connectivity index (χ0v) is 15.4. The van der Waals surface area contributed by atoms with E-state index in [0.717, 1.165) is 17.7 Å². The van der Waals surface area contributed by atoms with Crippen molar-refractivity contribution in [2.45, 2.75) is 24.4 Å². The topological polar surface area (TPSA) is 59.8 Å². The van der Waals surface area contributed by atoms with Crippen LogP contribution >= 0.6 is 0 Å². The van der Waals surface area contributed by atoms with Crippen LogP contribution in [0, 0.1) is 11.6 Å². The highest BCUT2D eigenvalue weighted by atomic mass is 19.4. The predicted octanol–water partition coefficient (Wildman–Crippen LogP) is 4.03. The summed E-state index contributed by atoms with van der Waals surface area (Å²) in [6.07, 6.45) is -3.53. The lowest BCUT2D eigenvalue weighted by atomic mass is 9.96. The minimum absolute atomic E-state index is 0.0710. The average Bonchev–Trinajstić information content (AvgIpc) is 3.34. The maximum Gasteiger partial charge on any atom is 0.435 e. The first-order valence-corrected chi connectivity index (χ1v) is 9.03. The molecule has 1 fully saturated rings. The van der Waals surface area contributed by atoms with Gasteiger partial charge in [0, 0.05) is 12.0 Å². The van der Waals surface area contributed by atoms with Crippen LogP contribution in [0.1, 0.15) is 34.6 Å². The molecular weight excluding hydrogens is 407 g/mol. The lowest BCUT2D eigenvalue weighted by Crippen LogP contribution is -2.34. The molecule has 1 N–H and O–H groups in total. The molecule has 0 spiro atoms. The molecule has 1 heterocycles. The molecule has 0 unspecified atom stereocenters. The highest BCUT2D eigenvalue weighted by Gasteiger charge is 2.46. The summed E-state index contributed by atoms with van der Waals surface area (Å²) in [7, 11) is 0. The fourth-order valence-electron chi connectivity index (χ4n) is 3.33. The smallest absolute Gasteiger partial charge is 0.350 e. The van der Waals surface area contributed by atoms with Crippen molar-refractivity contribution in [1.82, 2.24) is 20.3 Å². The van der Waals surface area contributed by atoms with Crippen LogP contribution in [0.2, 0.25) is 0 Å². The van der Waals surface area contributed by atoms with E-state index < -0.39 is 40.5 Å². The van der Waals surface area contributed by atoms with Crippen molar-refractivity contribution in [1.29, 1.82) is 0 Å². The molecule has 1 amide bonds. The van der Waals surface area contributed by atoms with Crippen LogP contribution < -0.4 is 5.32 Å². The van der Waals surface area contributed by atoms with Gasteiger partial charge in [0.05, 0.1) is 5.69 Å². The van der Waals surface area contributed by atoms with Crippen molar-refractivity contribution in [2.24, 2.45) is 0 Å². The third-order valence-corrected chi connectivity index (χ3v) is 5.10. The van der Waals surface area contributed by atoms with E-state index in [4.69, 9.17) is 0 Å². The number of benzene rings is 2. The zero-order chi connectivity index (χ0) is 21.5. The Morgan fingerprint density at radius 3 is 2.37 bits per heavy atom. The van der Waals surface area contributed by atoms with Gasteiger partial charge in [-0.05, 0) is 48.7 Å². The van der Waals surface area contributed by atoms with E-state index in [1.807, 2.05) is 0 Å². The van der Waals surface area contributed by atoms with Gasteiger partial charge >= 0.3 is 6.18 Å². The Balaban J connectivity index is 1.59. The van der Waals surface area contributed by atoms with E-state index in [-0.39, 0.29) is 12.2 Å². The molecule has 30 heavy (non-hydrogen) atoms. The molecule has 156 valence electrons. The van der Waals surface area contributed by atoms with Gasteiger partial charge in [-0.2, -0.15) is 13.2 Å². The number of rotatable bonds is 5. The Morgan fingerprint density at radius 2 is 1.77 bits per heavy atom. The monoisotopic (exact) mass is 422 g/mol. The molecule has 5 nitrogen and oxygen atoms in total. The minimum Gasteiger partial charge on any atom is -0.350 e. The van der Waals surface area contributed by atoms with Crippen molar-refractivity contribution < 1.29 is 26.7 Å². The van der Waals surface area contributed by atoms with Crippen molar-refractivity contribution in [3.05, 3.63) is 77.1 Å². The number of nitrogens with zero attached hydrogens (tertiary/aromatic N) is 3. The van der Waals surface area contributed by atoms with Crippen molar-refractivity contribution in [2.75, 3.05) is 6.54 Å². The summed E-state index contributed by atoms with van der Waals surface area (Å²) in [5, 5.41) is 9.30. The molecule has 3 aromatic rings. The maximum absolute atomic E-state index is 13.7. The lowest BCUT2D eigenvalue weighted by Gasteiger charge is -2.17. The summed E-state index contributed by atoms with van der Waals surface area (Å²) >= 11 is 0. The number of carbonyl (C=O) groups is 1. The van der Waals surface area contributed by atoms with Crippen LogP contribution in [0.15, 0.2) is 48.5 Å². The fourth-order valence-corrected chi connectivity index (χ4v) is 3.33. The van der Waals surface area contributed by atoms with Crippen molar-refractivity contribution in [3.8, 4) is 5.69 Å². The fraction of sp³-hybridized carbons (Fsp3) is 0.250. The van der Waals surface area contributed by atoms with Crippen LogP contribution in [0.3, 0.4) is 0 Å². The molecule has 2 aromatic carbocycles. The minimum atomic E-state index is -4.95. The van der Waals surface area contributed by atoms with Gasteiger partial charge in [-0.25, -0.2) is 13.5 Å². The third kappa shape index (κ3) is 3.77.